The number of aliphatic hydroxyl groups excluding tert-OH is 1. The lowest BCUT2D eigenvalue weighted by molar-refractivity contribution is 0.228. The summed E-state index contributed by atoms with van der Waals surface area (Å²) in [5.41, 5.74) is 2.17. The van der Waals surface area contributed by atoms with Gasteiger partial charge in [0.15, 0.2) is 0 Å². The SMILES string of the molecule is C=CC(O)c1c(C)nn(-c2ccccc2)c1Cl. The van der Waals surface area contributed by atoms with E-state index in [0.717, 1.165) is 5.69 Å². The first-order chi connectivity index (χ1) is 8.15. The molecule has 1 atom stereocenters. The molecule has 0 radical (unpaired) electrons. The van der Waals surface area contributed by atoms with Gasteiger partial charge in [-0.2, -0.15) is 5.10 Å². The van der Waals surface area contributed by atoms with Crippen molar-refractivity contribution in [3.05, 3.63) is 59.4 Å². The number of hydrogen-bond donors (Lipinski definition) is 1. The number of halogens is 1. The molecule has 1 aromatic carbocycles. The number of benzene rings is 1. The van der Waals surface area contributed by atoms with Crippen molar-refractivity contribution in [2.24, 2.45) is 0 Å². The van der Waals surface area contributed by atoms with Crippen molar-refractivity contribution < 1.29 is 5.11 Å². The van der Waals surface area contributed by atoms with Gasteiger partial charge in [-0.3, -0.25) is 0 Å². The first-order valence-electron chi connectivity index (χ1n) is 5.26. The molecule has 0 aliphatic rings. The highest BCUT2D eigenvalue weighted by Gasteiger charge is 2.18. The molecule has 2 aromatic rings. The van der Waals surface area contributed by atoms with E-state index in [-0.39, 0.29) is 0 Å². The molecular formula is C13H13ClN2O. The Morgan fingerprint density at radius 3 is 2.65 bits per heavy atom. The summed E-state index contributed by atoms with van der Waals surface area (Å²) in [4.78, 5) is 0. The van der Waals surface area contributed by atoms with Crippen LogP contribution in [0.2, 0.25) is 5.15 Å². The molecule has 0 aliphatic carbocycles. The molecule has 0 saturated heterocycles. The molecule has 88 valence electrons. The van der Waals surface area contributed by atoms with Crippen LogP contribution in [0.1, 0.15) is 17.4 Å². The zero-order valence-corrected chi connectivity index (χ0v) is 10.2. The quantitative estimate of drug-likeness (QED) is 0.848. The van der Waals surface area contributed by atoms with Gasteiger partial charge in [0.25, 0.3) is 0 Å². The summed E-state index contributed by atoms with van der Waals surface area (Å²) in [5.74, 6) is 0. The van der Waals surface area contributed by atoms with Crippen LogP contribution in [0.3, 0.4) is 0 Å². The Morgan fingerprint density at radius 2 is 2.06 bits per heavy atom. The number of para-hydroxylation sites is 1. The lowest BCUT2D eigenvalue weighted by Crippen LogP contribution is -1.97. The summed E-state index contributed by atoms with van der Waals surface area (Å²) < 4.78 is 1.61. The maximum atomic E-state index is 9.80. The van der Waals surface area contributed by atoms with Gasteiger partial charge in [-0.15, -0.1) is 6.58 Å². The molecule has 0 fully saturated rings. The third-order valence-electron chi connectivity index (χ3n) is 2.57. The van der Waals surface area contributed by atoms with E-state index >= 15 is 0 Å². The van der Waals surface area contributed by atoms with Crippen LogP contribution in [-0.4, -0.2) is 14.9 Å². The fourth-order valence-electron chi connectivity index (χ4n) is 1.71. The van der Waals surface area contributed by atoms with Crippen molar-refractivity contribution in [2.75, 3.05) is 0 Å². The average Bonchev–Trinajstić information content (AvgIpc) is 2.65. The molecule has 1 N–H and O–H groups in total. The second-order valence-electron chi connectivity index (χ2n) is 3.72. The number of hydrogen-bond acceptors (Lipinski definition) is 2. The van der Waals surface area contributed by atoms with E-state index in [2.05, 4.69) is 11.7 Å². The van der Waals surface area contributed by atoms with Crippen molar-refractivity contribution in [1.82, 2.24) is 9.78 Å². The van der Waals surface area contributed by atoms with Gasteiger partial charge in [-0.1, -0.05) is 35.9 Å². The van der Waals surface area contributed by atoms with E-state index in [0.29, 0.717) is 16.4 Å². The molecule has 1 aromatic heterocycles. The number of aryl methyl sites for hydroxylation is 1. The molecule has 1 unspecified atom stereocenters. The van der Waals surface area contributed by atoms with Gasteiger partial charge >= 0.3 is 0 Å². The predicted octanol–water partition coefficient (Wildman–Crippen LogP) is 3.05. The molecule has 17 heavy (non-hydrogen) atoms. The van der Waals surface area contributed by atoms with Crippen LogP contribution in [0.25, 0.3) is 5.69 Å². The Morgan fingerprint density at radius 1 is 1.41 bits per heavy atom. The van der Waals surface area contributed by atoms with Gasteiger partial charge in [0, 0.05) is 5.56 Å². The standard InChI is InChI=1S/C13H13ClN2O/c1-3-11(17)12-9(2)15-16(13(12)14)10-7-5-4-6-8-10/h3-8,11,17H,1H2,2H3. The van der Waals surface area contributed by atoms with Crippen LogP contribution in [0.5, 0.6) is 0 Å². The highest BCUT2D eigenvalue weighted by atomic mass is 35.5. The Hall–Kier alpha value is -1.58. The summed E-state index contributed by atoms with van der Waals surface area (Å²) in [6.07, 6.45) is 0.644. The van der Waals surface area contributed by atoms with Gasteiger partial charge in [-0.05, 0) is 19.1 Å². The molecule has 2 rings (SSSR count). The largest absolute Gasteiger partial charge is 0.384 e. The number of rotatable bonds is 3. The maximum absolute atomic E-state index is 9.80. The fourth-order valence-corrected chi connectivity index (χ4v) is 2.09. The minimum Gasteiger partial charge on any atom is -0.384 e. The third kappa shape index (κ3) is 2.12. The molecule has 1 heterocycles. The minimum absolute atomic E-state index is 0.418. The van der Waals surface area contributed by atoms with Crippen molar-refractivity contribution in [2.45, 2.75) is 13.0 Å². The minimum atomic E-state index is -0.792. The molecule has 0 saturated carbocycles. The second-order valence-corrected chi connectivity index (χ2v) is 4.08. The van der Waals surface area contributed by atoms with Gasteiger partial charge in [0.05, 0.1) is 11.4 Å². The summed E-state index contributed by atoms with van der Waals surface area (Å²) in [5, 5.41) is 14.5. The van der Waals surface area contributed by atoms with Crippen LogP contribution in [0, 0.1) is 6.92 Å². The molecule has 3 nitrogen and oxygen atoms in total. The number of nitrogens with zero attached hydrogens (tertiary/aromatic N) is 2. The Kier molecular flexibility index (Phi) is 3.31. The first kappa shape index (κ1) is 11.9. The molecule has 4 heteroatoms. The van der Waals surface area contributed by atoms with Crippen molar-refractivity contribution in [3.63, 3.8) is 0 Å². The van der Waals surface area contributed by atoms with Crippen molar-refractivity contribution >= 4 is 11.6 Å². The summed E-state index contributed by atoms with van der Waals surface area (Å²) in [6.45, 7) is 5.37. The van der Waals surface area contributed by atoms with E-state index in [1.54, 1.807) is 4.68 Å². The molecule has 0 bridgehead atoms. The Labute approximate surface area is 105 Å². The zero-order chi connectivity index (χ0) is 12.4. The monoisotopic (exact) mass is 248 g/mol. The van der Waals surface area contributed by atoms with E-state index in [1.807, 2.05) is 37.3 Å². The summed E-state index contributed by atoms with van der Waals surface area (Å²) in [6, 6.07) is 9.55. The van der Waals surface area contributed by atoms with E-state index in [9.17, 15) is 5.11 Å². The van der Waals surface area contributed by atoms with E-state index < -0.39 is 6.10 Å². The van der Waals surface area contributed by atoms with Crippen LogP contribution in [0.4, 0.5) is 0 Å². The lowest BCUT2D eigenvalue weighted by Gasteiger charge is -2.05. The topological polar surface area (TPSA) is 38.1 Å². The van der Waals surface area contributed by atoms with Crippen molar-refractivity contribution in [3.8, 4) is 5.69 Å². The molecule has 0 spiro atoms. The highest BCUT2D eigenvalue weighted by Crippen LogP contribution is 2.29. The molecule has 0 aliphatic heterocycles. The maximum Gasteiger partial charge on any atom is 0.139 e. The molecule has 0 amide bonds. The van der Waals surface area contributed by atoms with Gasteiger partial charge in [-0.25, -0.2) is 4.68 Å². The van der Waals surface area contributed by atoms with Crippen LogP contribution >= 0.6 is 11.6 Å². The lowest BCUT2D eigenvalue weighted by atomic mass is 10.1. The van der Waals surface area contributed by atoms with Crippen LogP contribution in [-0.2, 0) is 0 Å². The normalized spacial score (nSPS) is 12.4. The zero-order valence-electron chi connectivity index (χ0n) is 9.47. The average molecular weight is 249 g/mol. The number of aromatic nitrogens is 2. The second kappa shape index (κ2) is 4.73. The molecular weight excluding hydrogens is 236 g/mol. The summed E-state index contributed by atoms with van der Waals surface area (Å²) >= 11 is 6.23. The fraction of sp³-hybridized carbons (Fsp3) is 0.154. The van der Waals surface area contributed by atoms with E-state index in [4.69, 9.17) is 11.6 Å². The Balaban J connectivity index is 2.55. The van der Waals surface area contributed by atoms with Crippen molar-refractivity contribution in [1.29, 1.82) is 0 Å². The van der Waals surface area contributed by atoms with Crippen LogP contribution in [0.15, 0.2) is 43.0 Å². The van der Waals surface area contributed by atoms with Gasteiger partial charge in [0.1, 0.15) is 11.3 Å². The Bertz CT molecular complexity index is 534. The highest BCUT2D eigenvalue weighted by molar-refractivity contribution is 6.30. The van der Waals surface area contributed by atoms with Gasteiger partial charge < -0.3 is 5.11 Å². The first-order valence-corrected chi connectivity index (χ1v) is 5.64. The summed E-state index contributed by atoms with van der Waals surface area (Å²) in [7, 11) is 0. The third-order valence-corrected chi connectivity index (χ3v) is 2.93. The number of aliphatic hydroxyl groups is 1. The smallest absolute Gasteiger partial charge is 0.139 e. The van der Waals surface area contributed by atoms with E-state index in [1.165, 1.54) is 6.08 Å². The predicted molar refractivity (Wildman–Crippen MR) is 68.5 cm³/mol. The van der Waals surface area contributed by atoms with Crippen LogP contribution < -0.4 is 0 Å². The van der Waals surface area contributed by atoms with Gasteiger partial charge in [0.2, 0.25) is 0 Å².